The van der Waals surface area contributed by atoms with E-state index in [9.17, 15) is 5.11 Å². The van der Waals surface area contributed by atoms with Crippen LogP contribution in [0.1, 0.15) is 21.7 Å². The molecule has 0 saturated carbocycles. The molecule has 0 saturated heterocycles. The smallest absolute Gasteiger partial charge is 0.127 e. The van der Waals surface area contributed by atoms with Crippen LogP contribution in [-0.2, 0) is 13.0 Å². The van der Waals surface area contributed by atoms with Gasteiger partial charge in [0.1, 0.15) is 5.75 Å². The molecule has 96 valence electrons. The second kappa shape index (κ2) is 5.98. The zero-order valence-corrected chi connectivity index (χ0v) is 11.5. The maximum atomic E-state index is 9.28. The average Bonchev–Trinajstić information content (AvgIpc) is 2.77. The fourth-order valence-corrected chi connectivity index (χ4v) is 2.62. The Balaban J connectivity index is 2.00. The van der Waals surface area contributed by atoms with Crippen LogP contribution in [0.2, 0.25) is 0 Å². The molecule has 0 fully saturated rings. The van der Waals surface area contributed by atoms with Crippen molar-refractivity contribution in [2.75, 3.05) is 6.61 Å². The van der Waals surface area contributed by atoms with Crippen molar-refractivity contribution in [1.29, 1.82) is 0 Å². The molecule has 1 aromatic heterocycles. The zero-order valence-electron chi connectivity index (χ0n) is 10.6. The van der Waals surface area contributed by atoms with Crippen LogP contribution in [0.25, 0.3) is 0 Å². The number of ether oxygens (including phenoxy) is 1. The predicted molar refractivity (Wildman–Crippen MR) is 73.2 cm³/mol. The monoisotopic (exact) mass is 263 g/mol. The minimum Gasteiger partial charge on any atom is -0.493 e. The van der Waals surface area contributed by atoms with Crippen LogP contribution in [0.5, 0.6) is 5.75 Å². The van der Waals surface area contributed by atoms with E-state index in [0.717, 1.165) is 29.0 Å². The lowest BCUT2D eigenvalue weighted by atomic mass is 10.1. The molecule has 1 aromatic carbocycles. The van der Waals surface area contributed by atoms with Gasteiger partial charge in [0.25, 0.3) is 0 Å². The van der Waals surface area contributed by atoms with E-state index in [1.54, 1.807) is 11.3 Å². The summed E-state index contributed by atoms with van der Waals surface area (Å²) in [6.45, 7) is 4.63. The summed E-state index contributed by atoms with van der Waals surface area (Å²) in [5, 5.41) is 9.28. The number of benzene rings is 1. The van der Waals surface area contributed by atoms with Gasteiger partial charge >= 0.3 is 0 Å². The van der Waals surface area contributed by atoms with Gasteiger partial charge in [0.2, 0.25) is 0 Å². The molecule has 0 bridgehead atoms. The highest BCUT2D eigenvalue weighted by Crippen LogP contribution is 2.24. The summed E-state index contributed by atoms with van der Waals surface area (Å²) in [6, 6.07) is 5.81. The molecule has 3 nitrogen and oxygen atoms in total. The highest BCUT2D eigenvalue weighted by Gasteiger charge is 2.07. The number of para-hydroxylation sites is 1. The molecular weight excluding hydrogens is 246 g/mol. The van der Waals surface area contributed by atoms with Gasteiger partial charge in [0.15, 0.2) is 0 Å². The van der Waals surface area contributed by atoms with Gasteiger partial charge in [-0.15, -0.1) is 11.3 Å². The van der Waals surface area contributed by atoms with Gasteiger partial charge in [0.05, 0.1) is 24.4 Å². The van der Waals surface area contributed by atoms with Crippen molar-refractivity contribution in [3.8, 4) is 5.75 Å². The highest BCUT2D eigenvalue weighted by atomic mass is 32.1. The Bertz CT molecular complexity index is 522. The number of thiazole rings is 1. The Morgan fingerprint density at radius 1 is 1.33 bits per heavy atom. The summed E-state index contributed by atoms with van der Waals surface area (Å²) in [5.41, 5.74) is 4.84. The maximum Gasteiger partial charge on any atom is 0.127 e. The summed E-state index contributed by atoms with van der Waals surface area (Å²) in [6.07, 6.45) is 0.857. The van der Waals surface area contributed by atoms with Gasteiger partial charge in [-0.3, -0.25) is 0 Å². The van der Waals surface area contributed by atoms with Gasteiger partial charge in [-0.2, -0.15) is 0 Å². The van der Waals surface area contributed by atoms with Crippen LogP contribution in [0.4, 0.5) is 0 Å². The second-order valence-electron chi connectivity index (χ2n) is 4.18. The molecule has 0 aliphatic carbocycles. The molecule has 0 radical (unpaired) electrons. The van der Waals surface area contributed by atoms with Crippen LogP contribution in [0.3, 0.4) is 0 Å². The number of nitrogens with zero attached hydrogens (tertiary/aromatic N) is 1. The van der Waals surface area contributed by atoms with Crippen molar-refractivity contribution in [2.45, 2.75) is 26.9 Å². The first-order valence-electron chi connectivity index (χ1n) is 5.93. The second-order valence-corrected chi connectivity index (χ2v) is 5.12. The van der Waals surface area contributed by atoms with E-state index in [4.69, 9.17) is 4.74 Å². The molecule has 0 aliphatic rings. The van der Waals surface area contributed by atoms with Crippen molar-refractivity contribution in [3.05, 3.63) is 45.4 Å². The van der Waals surface area contributed by atoms with Crippen LogP contribution >= 0.6 is 11.3 Å². The lowest BCUT2D eigenvalue weighted by Gasteiger charge is -2.12. The van der Waals surface area contributed by atoms with Crippen LogP contribution < -0.4 is 4.74 Å². The lowest BCUT2D eigenvalue weighted by molar-refractivity contribution is 0.263. The topological polar surface area (TPSA) is 42.4 Å². The number of aliphatic hydroxyl groups is 1. The highest BCUT2D eigenvalue weighted by molar-refractivity contribution is 7.09. The molecule has 0 aliphatic heterocycles. The summed E-state index contributed by atoms with van der Waals surface area (Å²) in [7, 11) is 0. The Morgan fingerprint density at radius 3 is 2.83 bits per heavy atom. The molecular formula is C14H17NO2S. The zero-order chi connectivity index (χ0) is 13.0. The normalized spacial score (nSPS) is 10.6. The Morgan fingerprint density at radius 2 is 2.17 bits per heavy atom. The summed E-state index contributed by atoms with van der Waals surface area (Å²) in [5.74, 6) is 0.808. The van der Waals surface area contributed by atoms with E-state index >= 15 is 0 Å². The average molecular weight is 263 g/mol. The van der Waals surface area contributed by atoms with Gasteiger partial charge in [-0.1, -0.05) is 18.2 Å². The Hall–Kier alpha value is -1.39. The van der Waals surface area contributed by atoms with Gasteiger partial charge in [-0.25, -0.2) is 4.98 Å². The maximum absolute atomic E-state index is 9.28. The van der Waals surface area contributed by atoms with E-state index in [-0.39, 0.29) is 6.61 Å². The summed E-state index contributed by atoms with van der Waals surface area (Å²) >= 11 is 1.66. The lowest BCUT2D eigenvalue weighted by Crippen LogP contribution is -2.04. The number of hydrogen-bond donors (Lipinski definition) is 1. The van der Waals surface area contributed by atoms with Crippen molar-refractivity contribution in [2.24, 2.45) is 0 Å². The molecule has 2 rings (SSSR count). The van der Waals surface area contributed by atoms with E-state index in [1.807, 2.05) is 37.6 Å². The van der Waals surface area contributed by atoms with Crippen molar-refractivity contribution < 1.29 is 9.84 Å². The van der Waals surface area contributed by atoms with Crippen LogP contribution in [0, 0.1) is 13.8 Å². The minimum absolute atomic E-state index is 0.0105. The third-order valence-electron chi connectivity index (χ3n) is 2.88. The van der Waals surface area contributed by atoms with Gasteiger partial charge < -0.3 is 9.84 Å². The van der Waals surface area contributed by atoms with Gasteiger partial charge in [0, 0.05) is 16.9 Å². The Labute approximate surface area is 111 Å². The molecule has 2 aromatic rings. The third kappa shape index (κ3) is 2.89. The molecule has 4 heteroatoms. The molecule has 0 atom stereocenters. The number of aromatic nitrogens is 1. The largest absolute Gasteiger partial charge is 0.493 e. The Kier molecular flexibility index (Phi) is 4.33. The number of hydrogen-bond acceptors (Lipinski definition) is 4. The standard InChI is InChI=1S/C14H17NO2S/c1-10-4-3-5-12(8-16)14(10)17-7-6-13-11(2)15-9-18-13/h3-5,9,16H,6-8H2,1-2H3. The summed E-state index contributed by atoms with van der Waals surface area (Å²) < 4.78 is 5.81. The van der Waals surface area contributed by atoms with E-state index in [0.29, 0.717) is 6.61 Å². The number of aliphatic hydroxyl groups excluding tert-OH is 1. The van der Waals surface area contributed by atoms with E-state index < -0.39 is 0 Å². The van der Waals surface area contributed by atoms with Crippen LogP contribution in [-0.4, -0.2) is 16.7 Å². The molecule has 0 amide bonds. The number of rotatable bonds is 5. The number of aryl methyl sites for hydroxylation is 2. The fourth-order valence-electron chi connectivity index (χ4n) is 1.86. The van der Waals surface area contributed by atoms with E-state index in [2.05, 4.69) is 4.98 Å². The molecule has 1 N–H and O–H groups in total. The third-order valence-corrected chi connectivity index (χ3v) is 3.88. The SMILES string of the molecule is Cc1cccc(CO)c1OCCc1scnc1C. The predicted octanol–water partition coefficient (Wildman–Crippen LogP) is 2.87. The molecule has 1 heterocycles. The first-order chi connectivity index (χ1) is 8.72. The van der Waals surface area contributed by atoms with Crippen molar-refractivity contribution >= 4 is 11.3 Å². The quantitative estimate of drug-likeness (QED) is 0.902. The van der Waals surface area contributed by atoms with Crippen LogP contribution in [0.15, 0.2) is 23.7 Å². The summed E-state index contributed by atoms with van der Waals surface area (Å²) in [4.78, 5) is 5.47. The van der Waals surface area contributed by atoms with E-state index in [1.165, 1.54) is 4.88 Å². The van der Waals surface area contributed by atoms with Crippen molar-refractivity contribution in [1.82, 2.24) is 4.98 Å². The first-order valence-corrected chi connectivity index (χ1v) is 6.81. The van der Waals surface area contributed by atoms with Crippen molar-refractivity contribution in [3.63, 3.8) is 0 Å². The molecule has 0 unspecified atom stereocenters. The first kappa shape index (κ1) is 13.1. The minimum atomic E-state index is 0.0105. The fraction of sp³-hybridized carbons (Fsp3) is 0.357. The molecule has 0 spiro atoms. The molecule has 18 heavy (non-hydrogen) atoms. The van der Waals surface area contributed by atoms with Gasteiger partial charge in [-0.05, 0) is 19.4 Å².